The normalized spacial score (nSPS) is 9.89. The zero-order chi connectivity index (χ0) is 13.9. The van der Waals surface area contributed by atoms with Gasteiger partial charge in [0.15, 0.2) is 0 Å². The van der Waals surface area contributed by atoms with Gasteiger partial charge in [0.1, 0.15) is 5.75 Å². The summed E-state index contributed by atoms with van der Waals surface area (Å²) in [5.74, 6) is -2.93. The van der Waals surface area contributed by atoms with Crippen LogP contribution in [-0.4, -0.2) is 28.9 Å². The molecular weight excluding hydrogens is 266 g/mol. The van der Waals surface area contributed by atoms with Crippen LogP contribution in [-0.2, 0) is 16.0 Å². The molecule has 96 valence electrons. The molecule has 0 amide bonds. The molecule has 8 heteroatoms. The summed E-state index contributed by atoms with van der Waals surface area (Å²) in [5.41, 5.74) is -0.562. The lowest BCUT2D eigenvalue weighted by atomic mass is 10.1. The number of rotatable bonds is 5. The molecule has 0 atom stereocenters. The molecule has 0 heterocycles. The number of carbonyl (C=O) groups is 2. The van der Waals surface area contributed by atoms with Crippen molar-refractivity contribution in [2.24, 2.45) is 0 Å². The first kappa shape index (κ1) is 13.9. The minimum atomic E-state index is -1.67. The summed E-state index contributed by atoms with van der Waals surface area (Å²) in [5, 5.41) is 19.4. The van der Waals surface area contributed by atoms with E-state index in [-0.39, 0.29) is 16.3 Å². The molecule has 1 rings (SSSR count). The Labute approximate surface area is 106 Å². The van der Waals surface area contributed by atoms with E-state index in [9.17, 15) is 19.7 Å². The highest BCUT2D eigenvalue weighted by Crippen LogP contribution is 2.35. The first-order valence-corrected chi connectivity index (χ1v) is 5.02. The largest absolute Gasteiger partial charge is 0.495 e. The number of aliphatic carboxylic acids is 1. The third kappa shape index (κ3) is 2.75. The number of benzene rings is 1. The van der Waals surface area contributed by atoms with Crippen LogP contribution >= 0.6 is 11.6 Å². The lowest BCUT2D eigenvalue weighted by Crippen LogP contribution is -2.16. The summed E-state index contributed by atoms with van der Waals surface area (Å²) in [6.45, 7) is 0. The molecule has 0 aliphatic carbocycles. The monoisotopic (exact) mass is 273 g/mol. The number of ether oxygens (including phenoxy) is 1. The average molecular weight is 274 g/mol. The van der Waals surface area contributed by atoms with Crippen LogP contribution in [0.15, 0.2) is 12.1 Å². The molecule has 0 saturated carbocycles. The Bertz CT molecular complexity index is 527. The van der Waals surface area contributed by atoms with Crippen molar-refractivity contribution in [2.45, 2.75) is 6.42 Å². The number of hydrogen-bond donors (Lipinski definition) is 1. The third-order valence-electron chi connectivity index (χ3n) is 2.16. The molecular formula is C10H8ClNO6. The maximum Gasteiger partial charge on any atom is 0.372 e. The second-order valence-electron chi connectivity index (χ2n) is 3.24. The van der Waals surface area contributed by atoms with Crippen LogP contribution in [0.2, 0.25) is 5.02 Å². The number of carboxylic acid groups (broad SMARTS) is 1. The van der Waals surface area contributed by atoms with Crippen LogP contribution in [0, 0.1) is 10.1 Å². The Kier molecular flexibility index (Phi) is 4.22. The van der Waals surface area contributed by atoms with Gasteiger partial charge in [0.05, 0.1) is 29.0 Å². The van der Waals surface area contributed by atoms with E-state index in [1.807, 2.05) is 0 Å². The lowest BCUT2D eigenvalue weighted by Gasteiger charge is -2.09. The summed E-state index contributed by atoms with van der Waals surface area (Å²) in [4.78, 5) is 31.7. The quantitative estimate of drug-likeness (QED) is 0.494. The summed E-state index contributed by atoms with van der Waals surface area (Å²) in [6.07, 6.45) is -0.657. The van der Waals surface area contributed by atoms with Crippen molar-refractivity contribution in [1.82, 2.24) is 0 Å². The Morgan fingerprint density at radius 3 is 2.56 bits per heavy atom. The number of hydrogen-bond acceptors (Lipinski definition) is 5. The predicted molar refractivity (Wildman–Crippen MR) is 61.0 cm³/mol. The van der Waals surface area contributed by atoms with E-state index < -0.39 is 28.8 Å². The summed E-state index contributed by atoms with van der Waals surface area (Å²) in [6, 6.07) is 2.34. The number of ketones is 1. The van der Waals surface area contributed by atoms with Gasteiger partial charge in [-0.2, -0.15) is 0 Å². The molecule has 18 heavy (non-hydrogen) atoms. The summed E-state index contributed by atoms with van der Waals surface area (Å²) in [7, 11) is 1.22. The number of carbonyl (C=O) groups excluding carboxylic acids is 1. The maximum absolute atomic E-state index is 11.1. The van der Waals surface area contributed by atoms with E-state index in [4.69, 9.17) is 21.4 Å². The number of methoxy groups -OCH3 is 1. The molecule has 0 unspecified atom stereocenters. The lowest BCUT2D eigenvalue weighted by molar-refractivity contribution is -0.385. The van der Waals surface area contributed by atoms with Crippen molar-refractivity contribution < 1.29 is 24.4 Å². The Hall–Kier alpha value is -2.15. The minimum Gasteiger partial charge on any atom is -0.495 e. The van der Waals surface area contributed by atoms with E-state index in [0.29, 0.717) is 0 Å². The van der Waals surface area contributed by atoms with Gasteiger partial charge in [0, 0.05) is 6.07 Å². The van der Waals surface area contributed by atoms with Crippen molar-refractivity contribution >= 4 is 29.0 Å². The molecule has 1 N–H and O–H groups in total. The molecule has 0 aromatic heterocycles. The van der Waals surface area contributed by atoms with Crippen LogP contribution in [0.1, 0.15) is 5.56 Å². The van der Waals surface area contributed by atoms with Gasteiger partial charge in [0.25, 0.3) is 5.69 Å². The van der Waals surface area contributed by atoms with Crippen molar-refractivity contribution in [1.29, 1.82) is 0 Å². The highest BCUT2D eigenvalue weighted by Gasteiger charge is 2.25. The van der Waals surface area contributed by atoms with E-state index >= 15 is 0 Å². The van der Waals surface area contributed by atoms with Gasteiger partial charge in [-0.25, -0.2) is 4.79 Å². The predicted octanol–water partition coefficient (Wildman–Crippen LogP) is 1.45. The molecule has 1 aromatic rings. The Morgan fingerprint density at radius 2 is 2.11 bits per heavy atom. The number of halogens is 1. The summed E-state index contributed by atoms with van der Waals surface area (Å²) < 4.78 is 4.87. The first-order chi connectivity index (χ1) is 8.38. The maximum atomic E-state index is 11.1. The molecule has 0 radical (unpaired) electrons. The molecule has 0 aliphatic rings. The minimum absolute atomic E-state index is 0.0660. The fraction of sp³-hybridized carbons (Fsp3) is 0.200. The van der Waals surface area contributed by atoms with Gasteiger partial charge in [-0.05, 0) is 6.07 Å². The van der Waals surface area contributed by atoms with Crippen LogP contribution < -0.4 is 4.74 Å². The summed E-state index contributed by atoms with van der Waals surface area (Å²) >= 11 is 5.76. The zero-order valence-electron chi connectivity index (χ0n) is 9.18. The molecule has 0 aliphatic heterocycles. The van der Waals surface area contributed by atoms with E-state index in [2.05, 4.69) is 0 Å². The number of Topliss-reactive ketones (excluding diaryl/α,β-unsaturated/α-hetero) is 1. The fourth-order valence-electron chi connectivity index (χ4n) is 1.39. The highest BCUT2D eigenvalue weighted by molar-refractivity contribution is 6.34. The third-order valence-corrected chi connectivity index (χ3v) is 2.46. The van der Waals surface area contributed by atoms with Gasteiger partial charge in [-0.15, -0.1) is 0 Å². The first-order valence-electron chi connectivity index (χ1n) is 4.64. The fourth-order valence-corrected chi connectivity index (χ4v) is 1.64. The molecule has 1 aromatic carbocycles. The van der Waals surface area contributed by atoms with E-state index in [1.165, 1.54) is 13.2 Å². The van der Waals surface area contributed by atoms with Crippen LogP contribution in [0.25, 0.3) is 0 Å². The van der Waals surface area contributed by atoms with E-state index in [1.54, 1.807) is 0 Å². The molecule has 0 spiro atoms. The van der Waals surface area contributed by atoms with Gasteiger partial charge < -0.3 is 9.84 Å². The van der Waals surface area contributed by atoms with Crippen molar-refractivity contribution in [3.05, 3.63) is 32.8 Å². The van der Waals surface area contributed by atoms with Crippen molar-refractivity contribution in [3.63, 3.8) is 0 Å². The van der Waals surface area contributed by atoms with Gasteiger partial charge in [-0.1, -0.05) is 11.6 Å². The number of nitro benzene ring substituents is 1. The Balaban J connectivity index is 3.36. The van der Waals surface area contributed by atoms with Crippen molar-refractivity contribution in [2.75, 3.05) is 7.11 Å². The molecule has 0 bridgehead atoms. The van der Waals surface area contributed by atoms with E-state index in [0.717, 1.165) is 6.07 Å². The molecule has 0 fully saturated rings. The zero-order valence-corrected chi connectivity index (χ0v) is 9.93. The number of nitrogens with zero attached hydrogens (tertiary/aromatic N) is 1. The molecule has 0 saturated heterocycles. The van der Waals surface area contributed by atoms with Gasteiger partial charge in [-0.3, -0.25) is 14.9 Å². The topological polar surface area (TPSA) is 107 Å². The van der Waals surface area contributed by atoms with Gasteiger partial charge in [0.2, 0.25) is 5.78 Å². The second kappa shape index (κ2) is 5.46. The second-order valence-corrected chi connectivity index (χ2v) is 3.65. The van der Waals surface area contributed by atoms with Crippen molar-refractivity contribution in [3.8, 4) is 5.75 Å². The smallest absolute Gasteiger partial charge is 0.372 e. The Morgan fingerprint density at radius 1 is 1.50 bits per heavy atom. The molecule has 7 nitrogen and oxygen atoms in total. The SMILES string of the molecule is COc1c(Cl)ccc([N+](=O)[O-])c1CC(=O)C(=O)O. The highest BCUT2D eigenvalue weighted by atomic mass is 35.5. The van der Waals surface area contributed by atoms with Crippen LogP contribution in [0.3, 0.4) is 0 Å². The van der Waals surface area contributed by atoms with Crippen LogP contribution in [0.5, 0.6) is 5.75 Å². The standard InChI is InChI=1S/C10H8ClNO6/c1-18-9-5(4-8(13)10(14)15)7(12(16)17)3-2-6(9)11/h2-3H,4H2,1H3,(H,14,15). The van der Waals surface area contributed by atoms with Crippen LogP contribution in [0.4, 0.5) is 5.69 Å². The average Bonchev–Trinajstić information content (AvgIpc) is 2.28. The number of nitro groups is 1. The van der Waals surface area contributed by atoms with Gasteiger partial charge >= 0.3 is 5.97 Å². The number of carboxylic acids is 1.